The van der Waals surface area contributed by atoms with Crippen molar-refractivity contribution < 1.29 is 32.6 Å². The molecule has 0 heterocycles. The first-order valence-electron chi connectivity index (χ1n) is 3.57. The van der Waals surface area contributed by atoms with Gasteiger partial charge in [-0.2, -0.15) is 4.31 Å². The fraction of sp³-hybridized carbons (Fsp3) is 1.00. The van der Waals surface area contributed by atoms with Gasteiger partial charge in [0.15, 0.2) is 0 Å². The van der Waals surface area contributed by atoms with Gasteiger partial charge in [0.25, 0.3) is 0 Å². The van der Waals surface area contributed by atoms with Crippen LogP contribution in [0.1, 0.15) is 26.7 Å². The second-order valence-corrected chi connectivity index (χ2v) is 5.48. The first-order valence-corrected chi connectivity index (χ1v) is 6.59. The van der Waals surface area contributed by atoms with E-state index in [0.29, 0.717) is 12.8 Å². The van der Waals surface area contributed by atoms with Gasteiger partial charge in [0, 0.05) is 0 Å². The Bertz CT molecular complexity index is 267. The summed E-state index contributed by atoms with van der Waals surface area (Å²) >= 11 is 0. The lowest BCUT2D eigenvalue weighted by Gasteiger charge is -2.26. The van der Waals surface area contributed by atoms with Gasteiger partial charge in [0.1, 0.15) is 0 Å². The molecule has 1 aliphatic rings. The van der Waals surface area contributed by atoms with Crippen LogP contribution in [0.3, 0.4) is 0 Å². The molecule has 0 aromatic rings. The van der Waals surface area contributed by atoms with Crippen molar-refractivity contribution in [1.82, 2.24) is 0 Å². The van der Waals surface area contributed by atoms with Crippen molar-refractivity contribution in [2.75, 3.05) is 0 Å². The highest BCUT2D eigenvalue weighted by molar-refractivity contribution is 7.60. The van der Waals surface area contributed by atoms with E-state index in [0.717, 1.165) is 6.42 Å². The summed E-state index contributed by atoms with van der Waals surface area (Å²) in [5.41, 5.74) is 0. The minimum absolute atomic E-state index is 0. The molecule has 1 fully saturated rings. The SMILES string of the molecule is C.O=P(O)(O)OP(=O)(O)OC1CCC1. The molecule has 0 aromatic carbocycles. The zero-order valence-corrected chi connectivity index (χ0v) is 8.36. The normalized spacial score (nSPS) is 21.9. The summed E-state index contributed by atoms with van der Waals surface area (Å²) in [6, 6.07) is 0. The van der Waals surface area contributed by atoms with Crippen molar-refractivity contribution in [3.63, 3.8) is 0 Å². The number of hydrogen-bond acceptors (Lipinski definition) is 4. The van der Waals surface area contributed by atoms with Crippen molar-refractivity contribution in [1.29, 1.82) is 0 Å². The lowest BCUT2D eigenvalue weighted by Crippen LogP contribution is -2.20. The summed E-state index contributed by atoms with van der Waals surface area (Å²) in [6.45, 7) is 0. The van der Waals surface area contributed by atoms with E-state index in [1.807, 2.05) is 0 Å². The molecular weight excluding hydrogens is 234 g/mol. The molecule has 3 N–H and O–H groups in total. The van der Waals surface area contributed by atoms with Crippen LogP contribution in [0.5, 0.6) is 0 Å². The highest BCUT2D eigenvalue weighted by atomic mass is 31.3. The first kappa shape index (κ1) is 14.3. The predicted molar refractivity (Wildman–Crippen MR) is 48.4 cm³/mol. The molecule has 0 bridgehead atoms. The summed E-state index contributed by atoms with van der Waals surface area (Å²) in [5.74, 6) is 0. The van der Waals surface area contributed by atoms with Gasteiger partial charge in [-0.05, 0) is 19.3 Å². The lowest BCUT2D eigenvalue weighted by molar-refractivity contribution is 0.0760. The van der Waals surface area contributed by atoms with Crippen molar-refractivity contribution >= 4 is 15.6 Å². The van der Waals surface area contributed by atoms with Gasteiger partial charge in [0.2, 0.25) is 0 Å². The van der Waals surface area contributed by atoms with Crippen LogP contribution < -0.4 is 0 Å². The van der Waals surface area contributed by atoms with E-state index in [-0.39, 0.29) is 7.43 Å². The van der Waals surface area contributed by atoms with Crippen LogP contribution in [0.2, 0.25) is 0 Å². The minimum atomic E-state index is -4.97. The fourth-order valence-corrected chi connectivity index (χ4v) is 2.64. The van der Waals surface area contributed by atoms with Gasteiger partial charge in [-0.15, -0.1) is 0 Å². The van der Waals surface area contributed by atoms with Gasteiger partial charge in [-0.3, -0.25) is 4.52 Å². The molecule has 0 amide bonds. The smallest absolute Gasteiger partial charge is 0.302 e. The zero-order valence-electron chi connectivity index (χ0n) is 6.57. The van der Waals surface area contributed by atoms with E-state index in [1.54, 1.807) is 0 Å². The molecule has 9 heteroatoms. The molecule has 1 rings (SSSR count). The Labute approximate surface area is 81.9 Å². The summed E-state index contributed by atoms with van der Waals surface area (Å²) in [6.07, 6.45) is 1.66. The Kier molecular flexibility index (Phi) is 4.95. The van der Waals surface area contributed by atoms with Crippen LogP contribution in [0.4, 0.5) is 0 Å². The molecule has 7 nitrogen and oxygen atoms in total. The maximum atomic E-state index is 10.9. The average molecular weight is 248 g/mol. The zero-order chi connectivity index (χ0) is 10.1. The molecule has 1 saturated carbocycles. The Morgan fingerprint density at radius 2 is 1.64 bits per heavy atom. The Morgan fingerprint density at radius 3 is 1.93 bits per heavy atom. The monoisotopic (exact) mass is 248 g/mol. The van der Waals surface area contributed by atoms with Gasteiger partial charge in [-0.1, -0.05) is 7.43 Å². The second kappa shape index (κ2) is 4.86. The quantitative estimate of drug-likeness (QED) is 0.644. The van der Waals surface area contributed by atoms with Crippen LogP contribution in [0.15, 0.2) is 0 Å². The molecule has 0 saturated heterocycles. The van der Waals surface area contributed by atoms with Gasteiger partial charge >= 0.3 is 15.6 Å². The highest BCUT2D eigenvalue weighted by Crippen LogP contribution is 2.59. The number of rotatable bonds is 4. The van der Waals surface area contributed by atoms with Gasteiger partial charge in [0.05, 0.1) is 6.10 Å². The predicted octanol–water partition coefficient (Wildman–Crippen LogP) is 1.40. The van der Waals surface area contributed by atoms with Crippen molar-refractivity contribution in [3.05, 3.63) is 0 Å². The van der Waals surface area contributed by atoms with Crippen LogP contribution in [0, 0.1) is 0 Å². The van der Waals surface area contributed by atoms with E-state index in [4.69, 9.17) is 14.7 Å². The largest absolute Gasteiger partial charge is 0.481 e. The molecular formula is C5H14O7P2. The average Bonchev–Trinajstić information content (AvgIpc) is 1.73. The third-order valence-electron chi connectivity index (χ3n) is 1.54. The van der Waals surface area contributed by atoms with Crippen molar-refractivity contribution in [2.45, 2.75) is 32.8 Å². The number of hydrogen-bond donors (Lipinski definition) is 3. The van der Waals surface area contributed by atoms with Crippen molar-refractivity contribution in [2.24, 2.45) is 0 Å². The summed E-state index contributed by atoms with van der Waals surface area (Å²) in [7, 11) is -9.57. The molecule has 0 spiro atoms. The van der Waals surface area contributed by atoms with E-state index in [1.165, 1.54) is 0 Å². The third-order valence-corrected chi connectivity index (χ3v) is 3.78. The Balaban J connectivity index is 0.00000169. The minimum Gasteiger partial charge on any atom is -0.302 e. The van der Waals surface area contributed by atoms with Crippen LogP contribution in [-0.4, -0.2) is 20.8 Å². The Hall–Kier alpha value is 0.260. The topological polar surface area (TPSA) is 113 Å². The first-order chi connectivity index (χ1) is 5.79. The maximum Gasteiger partial charge on any atom is 0.481 e. The second-order valence-electron chi connectivity index (χ2n) is 2.70. The Morgan fingerprint density at radius 1 is 1.14 bits per heavy atom. The summed E-state index contributed by atoms with van der Waals surface area (Å²) in [4.78, 5) is 25.3. The van der Waals surface area contributed by atoms with Crippen molar-refractivity contribution in [3.8, 4) is 0 Å². The standard InChI is InChI=1S/C4H10O7P2.CH4/c5-12(6,7)11-13(8,9)10-4-2-1-3-4;/h4H,1-3H2,(H,8,9)(H2,5,6,7);1H4. The van der Waals surface area contributed by atoms with E-state index in [9.17, 15) is 9.13 Å². The molecule has 0 aliphatic heterocycles. The van der Waals surface area contributed by atoms with Gasteiger partial charge < -0.3 is 14.7 Å². The molecule has 0 aromatic heterocycles. The molecule has 1 atom stereocenters. The summed E-state index contributed by atoms with van der Waals surface area (Å²) in [5, 5.41) is 0. The van der Waals surface area contributed by atoms with E-state index >= 15 is 0 Å². The molecule has 0 radical (unpaired) electrons. The molecule has 1 aliphatic carbocycles. The molecule has 14 heavy (non-hydrogen) atoms. The molecule has 1 unspecified atom stereocenters. The van der Waals surface area contributed by atoms with Crippen LogP contribution in [-0.2, 0) is 18.0 Å². The number of phosphoric ester groups is 1. The fourth-order valence-electron chi connectivity index (χ4n) is 0.818. The van der Waals surface area contributed by atoms with E-state index < -0.39 is 21.7 Å². The number of phosphoric acid groups is 2. The maximum absolute atomic E-state index is 10.9. The highest BCUT2D eigenvalue weighted by Gasteiger charge is 2.36. The lowest BCUT2D eigenvalue weighted by atomic mass is 9.97. The summed E-state index contributed by atoms with van der Waals surface area (Å²) < 4.78 is 29.1. The molecule has 86 valence electrons. The van der Waals surface area contributed by atoms with Crippen LogP contribution in [0.25, 0.3) is 0 Å². The third kappa shape index (κ3) is 5.22. The van der Waals surface area contributed by atoms with Gasteiger partial charge in [-0.25, -0.2) is 9.13 Å². The van der Waals surface area contributed by atoms with E-state index in [2.05, 4.69) is 8.83 Å². The van der Waals surface area contributed by atoms with Crippen LogP contribution >= 0.6 is 15.6 Å².